The van der Waals surface area contributed by atoms with Gasteiger partial charge in [0, 0.05) is 22.2 Å². The van der Waals surface area contributed by atoms with E-state index in [4.69, 9.17) is 4.74 Å². The zero-order valence-electron chi connectivity index (χ0n) is 14.5. The van der Waals surface area contributed by atoms with Crippen LogP contribution < -0.4 is 10.2 Å². The molecule has 144 valence electrons. The highest BCUT2D eigenvalue weighted by atomic mass is 127. The molecule has 0 fully saturated rings. The van der Waals surface area contributed by atoms with Gasteiger partial charge in [-0.25, -0.2) is 5.43 Å². The number of nitrogens with one attached hydrogen (secondary N) is 1. The van der Waals surface area contributed by atoms with Gasteiger partial charge in [0.2, 0.25) is 0 Å². The Hall–Kier alpha value is -2.73. The summed E-state index contributed by atoms with van der Waals surface area (Å²) in [7, 11) is 0. The highest BCUT2D eigenvalue weighted by Crippen LogP contribution is 2.32. The van der Waals surface area contributed by atoms with E-state index in [-0.39, 0.29) is 11.4 Å². The van der Waals surface area contributed by atoms with E-state index in [0.717, 1.165) is 4.70 Å². The van der Waals surface area contributed by atoms with Crippen molar-refractivity contribution in [3.8, 4) is 11.5 Å². The van der Waals surface area contributed by atoms with E-state index < -0.39 is 10.8 Å². The maximum absolute atomic E-state index is 12.3. The number of hydrazone groups is 1. The van der Waals surface area contributed by atoms with Crippen LogP contribution in [0.25, 0.3) is 10.1 Å². The lowest BCUT2D eigenvalue weighted by Crippen LogP contribution is -2.16. The van der Waals surface area contributed by atoms with Crippen LogP contribution >= 0.6 is 33.9 Å². The van der Waals surface area contributed by atoms with E-state index in [1.807, 2.05) is 29.5 Å². The molecule has 0 aliphatic carbocycles. The summed E-state index contributed by atoms with van der Waals surface area (Å²) in [6.45, 7) is 2.22. The summed E-state index contributed by atoms with van der Waals surface area (Å²) in [5, 5.41) is 25.4. The van der Waals surface area contributed by atoms with Crippen LogP contribution in [0.5, 0.6) is 11.5 Å². The summed E-state index contributed by atoms with van der Waals surface area (Å²) in [4.78, 5) is 23.1. The van der Waals surface area contributed by atoms with Crippen molar-refractivity contribution in [3.63, 3.8) is 0 Å². The molecule has 1 heterocycles. The topological polar surface area (TPSA) is 114 Å². The SMILES string of the molecule is CCOc1cc(/C=N\NC(=O)c2cc3cc([N+](=O)[O-])ccc3s2)cc(I)c1O. The number of phenols is 1. The van der Waals surface area contributed by atoms with Crippen LogP contribution in [0.3, 0.4) is 0 Å². The first-order chi connectivity index (χ1) is 13.4. The van der Waals surface area contributed by atoms with Gasteiger partial charge in [-0.1, -0.05) is 0 Å². The molecule has 0 saturated heterocycles. The third-order valence-electron chi connectivity index (χ3n) is 3.66. The van der Waals surface area contributed by atoms with Crippen LogP contribution in [0.4, 0.5) is 5.69 Å². The number of benzene rings is 2. The highest BCUT2D eigenvalue weighted by Gasteiger charge is 2.13. The number of hydrogen-bond donors (Lipinski definition) is 2. The van der Waals surface area contributed by atoms with Crippen molar-refractivity contribution in [2.24, 2.45) is 5.10 Å². The minimum absolute atomic E-state index is 0.0256. The Balaban J connectivity index is 1.75. The number of ether oxygens (including phenoxy) is 1. The van der Waals surface area contributed by atoms with Crippen LogP contribution in [0.15, 0.2) is 41.5 Å². The Morgan fingerprint density at radius 1 is 1.39 bits per heavy atom. The zero-order chi connectivity index (χ0) is 20.3. The van der Waals surface area contributed by atoms with Gasteiger partial charge < -0.3 is 9.84 Å². The summed E-state index contributed by atoms with van der Waals surface area (Å²) < 4.78 is 6.74. The number of phenolic OH excluding ortho intramolecular Hbond substituents is 1. The third kappa shape index (κ3) is 4.39. The summed E-state index contributed by atoms with van der Waals surface area (Å²) in [5.74, 6) is -0.0186. The second-order valence-electron chi connectivity index (χ2n) is 5.57. The molecule has 0 spiro atoms. The molecule has 8 nitrogen and oxygen atoms in total. The zero-order valence-corrected chi connectivity index (χ0v) is 17.5. The second kappa shape index (κ2) is 8.52. The quantitative estimate of drug-likeness (QED) is 0.222. The number of amides is 1. The Bertz CT molecular complexity index is 1100. The first-order valence-corrected chi connectivity index (χ1v) is 9.95. The van der Waals surface area contributed by atoms with Crippen molar-refractivity contribution >= 4 is 61.8 Å². The summed E-state index contributed by atoms with van der Waals surface area (Å²) in [6.07, 6.45) is 1.44. The molecule has 0 atom stereocenters. The van der Waals surface area contributed by atoms with E-state index in [1.54, 1.807) is 24.3 Å². The van der Waals surface area contributed by atoms with Crippen molar-refractivity contribution < 1.29 is 19.6 Å². The summed E-state index contributed by atoms with van der Waals surface area (Å²) >= 11 is 3.20. The van der Waals surface area contributed by atoms with Gasteiger partial charge in [0.15, 0.2) is 11.5 Å². The number of carbonyl (C=O) groups is 1. The first-order valence-electron chi connectivity index (χ1n) is 8.05. The number of fused-ring (bicyclic) bond motifs is 1. The molecule has 0 unspecified atom stereocenters. The Morgan fingerprint density at radius 2 is 2.18 bits per heavy atom. The van der Waals surface area contributed by atoms with Gasteiger partial charge >= 0.3 is 0 Å². The fourth-order valence-electron chi connectivity index (χ4n) is 2.41. The van der Waals surface area contributed by atoms with Crippen molar-refractivity contribution in [3.05, 3.63) is 60.5 Å². The molecular formula is C18H14IN3O5S. The van der Waals surface area contributed by atoms with Gasteiger partial charge in [-0.2, -0.15) is 5.10 Å². The largest absolute Gasteiger partial charge is 0.504 e. The minimum atomic E-state index is -0.476. The molecule has 10 heteroatoms. The van der Waals surface area contributed by atoms with Gasteiger partial charge in [-0.05, 0) is 59.3 Å². The average molecular weight is 511 g/mol. The van der Waals surface area contributed by atoms with Gasteiger partial charge in [0.1, 0.15) is 0 Å². The standard InChI is InChI=1S/C18H14IN3O5S/c1-2-27-14-6-10(5-13(19)17(14)23)9-20-21-18(24)16-8-11-7-12(22(25)26)3-4-15(11)28-16/h3-9,23H,2H2,1H3,(H,21,24)/b20-9-. The Morgan fingerprint density at radius 3 is 2.89 bits per heavy atom. The van der Waals surface area contributed by atoms with Crippen molar-refractivity contribution in [2.45, 2.75) is 6.92 Å². The molecule has 1 aromatic heterocycles. The summed E-state index contributed by atoms with van der Waals surface area (Å²) in [5.41, 5.74) is 3.06. The van der Waals surface area contributed by atoms with Gasteiger partial charge in [-0.3, -0.25) is 14.9 Å². The second-order valence-corrected chi connectivity index (χ2v) is 7.82. The van der Waals surface area contributed by atoms with E-state index in [1.165, 1.54) is 29.7 Å². The summed E-state index contributed by atoms with van der Waals surface area (Å²) in [6, 6.07) is 9.36. The van der Waals surface area contributed by atoms with E-state index in [0.29, 0.717) is 31.8 Å². The lowest BCUT2D eigenvalue weighted by atomic mass is 10.2. The number of hydrogen-bond acceptors (Lipinski definition) is 7. The maximum Gasteiger partial charge on any atom is 0.281 e. The molecule has 0 aliphatic rings. The van der Waals surface area contributed by atoms with Crippen LogP contribution in [0.2, 0.25) is 0 Å². The highest BCUT2D eigenvalue weighted by molar-refractivity contribution is 14.1. The Kier molecular flexibility index (Phi) is 6.09. The molecule has 3 rings (SSSR count). The van der Waals surface area contributed by atoms with Gasteiger partial charge in [-0.15, -0.1) is 11.3 Å². The van der Waals surface area contributed by atoms with Crippen molar-refractivity contribution in [1.29, 1.82) is 0 Å². The molecule has 0 bridgehead atoms. The smallest absolute Gasteiger partial charge is 0.281 e. The van der Waals surface area contributed by atoms with E-state index in [2.05, 4.69) is 10.5 Å². The molecular weight excluding hydrogens is 497 g/mol. The molecule has 3 aromatic rings. The number of nitro groups is 1. The predicted octanol–water partition coefficient (Wildman–Crippen LogP) is 4.28. The van der Waals surface area contributed by atoms with Crippen molar-refractivity contribution in [2.75, 3.05) is 6.61 Å². The number of halogens is 1. The average Bonchev–Trinajstić information content (AvgIpc) is 3.09. The molecule has 1 amide bonds. The van der Waals surface area contributed by atoms with Gasteiger partial charge in [0.05, 0.1) is 26.2 Å². The Labute approximate surface area is 177 Å². The molecule has 2 N–H and O–H groups in total. The molecule has 28 heavy (non-hydrogen) atoms. The number of aromatic hydroxyl groups is 1. The van der Waals surface area contributed by atoms with Crippen LogP contribution in [-0.2, 0) is 0 Å². The number of rotatable bonds is 6. The number of non-ortho nitro benzene ring substituents is 1. The van der Waals surface area contributed by atoms with Crippen LogP contribution in [0.1, 0.15) is 22.2 Å². The minimum Gasteiger partial charge on any atom is -0.504 e. The fraction of sp³-hybridized carbons (Fsp3) is 0.111. The molecule has 2 aromatic carbocycles. The van der Waals surface area contributed by atoms with Gasteiger partial charge in [0.25, 0.3) is 11.6 Å². The van der Waals surface area contributed by atoms with Crippen molar-refractivity contribution in [1.82, 2.24) is 5.43 Å². The number of nitro benzene ring substituents is 1. The first kappa shape index (κ1) is 20.0. The lowest BCUT2D eigenvalue weighted by Gasteiger charge is -2.08. The molecule has 0 saturated carbocycles. The van der Waals surface area contributed by atoms with E-state index in [9.17, 15) is 20.0 Å². The number of carbonyl (C=O) groups excluding carboxylic acids is 1. The lowest BCUT2D eigenvalue weighted by molar-refractivity contribution is -0.384. The number of nitrogens with zero attached hydrogens (tertiary/aromatic N) is 2. The molecule has 0 aliphatic heterocycles. The maximum atomic E-state index is 12.3. The third-order valence-corrected chi connectivity index (χ3v) is 5.60. The molecule has 0 radical (unpaired) electrons. The predicted molar refractivity (Wildman–Crippen MR) is 116 cm³/mol. The normalized spacial score (nSPS) is 11.1. The monoisotopic (exact) mass is 511 g/mol. The van der Waals surface area contributed by atoms with E-state index >= 15 is 0 Å². The van der Waals surface area contributed by atoms with Crippen LogP contribution in [0, 0.1) is 13.7 Å². The fourth-order valence-corrected chi connectivity index (χ4v) is 3.97. The van der Waals surface area contributed by atoms with Crippen LogP contribution in [-0.4, -0.2) is 28.8 Å². The number of thiophene rings is 1.